The van der Waals surface area contributed by atoms with Gasteiger partial charge in [-0.15, -0.1) is 0 Å². The molecule has 1 fully saturated rings. The normalized spacial score (nSPS) is 17.7. The van der Waals surface area contributed by atoms with Gasteiger partial charge in [0.1, 0.15) is 0 Å². The lowest BCUT2D eigenvalue weighted by molar-refractivity contribution is -0.191. The average Bonchev–Trinajstić information content (AvgIpc) is 2.84. The second kappa shape index (κ2) is 5.55. The number of nitrogens with zero attached hydrogens (tertiary/aromatic N) is 1. The zero-order valence-electron chi connectivity index (χ0n) is 11.3. The third kappa shape index (κ3) is 2.83. The van der Waals surface area contributed by atoms with Crippen LogP contribution in [0, 0.1) is 0 Å². The molecule has 3 rings (SSSR count). The second-order valence-electron chi connectivity index (χ2n) is 5.14. The molecule has 0 unspecified atom stereocenters. The molecular formula is C15H12BrF3N2O. The predicted molar refractivity (Wildman–Crippen MR) is 79.9 cm³/mol. The van der Waals surface area contributed by atoms with Crippen molar-refractivity contribution in [2.45, 2.75) is 18.6 Å². The van der Waals surface area contributed by atoms with E-state index in [0.717, 1.165) is 15.8 Å². The molecule has 3 nitrogen and oxygen atoms in total. The smallest absolute Gasteiger partial charge is 0.288 e. The number of hydrazine groups is 1. The van der Waals surface area contributed by atoms with Crippen LogP contribution in [-0.4, -0.2) is 23.6 Å². The molecule has 1 N–H and O–H groups in total. The third-order valence-corrected chi connectivity index (χ3v) is 4.32. The number of carbonyl (C=O) groups is 1. The summed E-state index contributed by atoms with van der Waals surface area (Å²) in [4.78, 5) is 11.3. The number of benzene rings is 2. The van der Waals surface area contributed by atoms with Crippen molar-refractivity contribution >= 4 is 32.6 Å². The highest BCUT2D eigenvalue weighted by Crippen LogP contribution is 2.42. The minimum atomic E-state index is -4.50. The Balaban J connectivity index is 2.11. The summed E-state index contributed by atoms with van der Waals surface area (Å²) in [5.74, 6) is -0.397. The SMILES string of the molecule is O=C1CCN([C@@H](c2cc3ccccc3cc2Br)C(F)(F)F)N1. The van der Waals surface area contributed by atoms with Crippen molar-refractivity contribution in [1.82, 2.24) is 10.4 Å². The number of hydrogen-bond acceptors (Lipinski definition) is 2. The Labute approximate surface area is 133 Å². The number of amides is 1. The minimum absolute atomic E-state index is 0.0300. The van der Waals surface area contributed by atoms with Gasteiger partial charge in [-0.2, -0.15) is 13.2 Å². The van der Waals surface area contributed by atoms with Crippen molar-refractivity contribution in [3.05, 3.63) is 46.4 Å². The highest BCUT2D eigenvalue weighted by atomic mass is 79.9. The summed E-state index contributed by atoms with van der Waals surface area (Å²) in [6.07, 6.45) is -4.43. The fourth-order valence-corrected chi connectivity index (χ4v) is 3.23. The van der Waals surface area contributed by atoms with E-state index in [1.54, 1.807) is 18.2 Å². The van der Waals surface area contributed by atoms with Crippen molar-refractivity contribution in [3.63, 3.8) is 0 Å². The highest BCUT2D eigenvalue weighted by Gasteiger charge is 2.47. The van der Waals surface area contributed by atoms with Crippen LogP contribution in [0.4, 0.5) is 13.2 Å². The van der Waals surface area contributed by atoms with E-state index in [0.29, 0.717) is 4.47 Å². The van der Waals surface area contributed by atoms with E-state index in [4.69, 9.17) is 0 Å². The first-order valence-corrected chi connectivity index (χ1v) is 7.46. The lowest BCUT2D eigenvalue weighted by Crippen LogP contribution is -2.43. The molecule has 7 heteroatoms. The summed E-state index contributed by atoms with van der Waals surface area (Å²) in [5, 5.41) is 2.53. The zero-order chi connectivity index (χ0) is 15.9. The largest absolute Gasteiger partial charge is 0.409 e. The van der Waals surface area contributed by atoms with Crippen LogP contribution in [-0.2, 0) is 4.79 Å². The number of alkyl halides is 3. The molecule has 2 aromatic rings. The number of hydrogen-bond donors (Lipinski definition) is 1. The number of nitrogens with one attached hydrogen (secondary N) is 1. The summed E-state index contributed by atoms with van der Waals surface area (Å²) < 4.78 is 41.0. The first kappa shape index (κ1) is 15.3. The Morgan fingerprint density at radius 2 is 1.82 bits per heavy atom. The first-order valence-electron chi connectivity index (χ1n) is 6.67. The minimum Gasteiger partial charge on any atom is -0.288 e. The van der Waals surface area contributed by atoms with E-state index in [-0.39, 0.29) is 18.5 Å². The molecule has 0 bridgehead atoms. The van der Waals surface area contributed by atoms with E-state index >= 15 is 0 Å². The molecule has 1 heterocycles. The Kier molecular flexibility index (Phi) is 3.86. The molecule has 1 atom stereocenters. The first-order chi connectivity index (χ1) is 10.4. The lowest BCUT2D eigenvalue weighted by atomic mass is 10.0. The van der Waals surface area contributed by atoms with Gasteiger partial charge in [0.25, 0.3) is 0 Å². The van der Waals surface area contributed by atoms with Crippen molar-refractivity contribution in [2.75, 3.05) is 6.54 Å². The molecule has 1 saturated heterocycles. The fourth-order valence-electron chi connectivity index (χ4n) is 2.65. The van der Waals surface area contributed by atoms with Crippen molar-refractivity contribution in [3.8, 4) is 0 Å². The molecule has 1 amide bonds. The summed E-state index contributed by atoms with van der Waals surface area (Å²) in [6.45, 7) is 0.0300. The molecule has 0 spiro atoms. The van der Waals surface area contributed by atoms with Gasteiger partial charge < -0.3 is 0 Å². The van der Waals surface area contributed by atoms with Gasteiger partial charge in [-0.3, -0.25) is 10.2 Å². The van der Waals surface area contributed by atoms with Crippen LogP contribution in [0.2, 0.25) is 0 Å². The van der Waals surface area contributed by atoms with E-state index < -0.39 is 18.1 Å². The number of halogens is 4. The fraction of sp³-hybridized carbons (Fsp3) is 0.267. The summed E-state index contributed by atoms with van der Waals surface area (Å²) >= 11 is 3.23. The third-order valence-electron chi connectivity index (χ3n) is 3.63. The Morgan fingerprint density at radius 3 is 2.36 bits per heavy atom. The molecule has 116 valence electrons. The molecule has 0 aromatic heterocycles. The van der Waals surface area contributed by atoms with Gasteiger partial charge in [0.15, 0.2) is 6.04 Å². The molecule has 1 aliphatic heterocycles. The topological polar surface area (TPSA) is 32.3 Å². The standard InChI is InChI=1S/C15H12BrF3N2O/c16-12-8-10-4-2-1-3-9(10)7-11(12)14(15(17,18)19)21-6-5-13(22)20-21/h1-4,7-8,14H,5-6H2,(H,20,22)/t14-/m0/s1. The van der Waals surface area contributed by atoms with Crippen LogP contribution in [0.15, 0.2) is 40.9 Å². The summed E-state index contributed by atoms with van der Waals surface area (Å²) in [7, 11) is 0. The summed E-state index contributed by atoms with van der Waals surface area (Å²) in [5.41, 5.74) is 2.38. The van der Waals surface area contributed by atoms with Crippen LogP contribution >= 0.6 is 15.9 Å². The maximum atomic E-state index is 13.6. The molecule has 0 aliphatic carbocycles. The van der Waals surface area contributed by atoms with Crippen LogP contribution in [0.25, 0.3) is 10.8 Å². The van der Waals surface area contributed by atoms with E-state index in [1.807, 2.05) is 12.1 Å². The Bertz CT molecular complexity index is 732. The van der Waals surface area contributed by atoms with Gasteiger partial charge in [-0.05, 0) is 28.5 Å². The van der Waals surface area contributed by atoms with Gasteiger partial charge in [0.05, 0.1) is 0 Å². The van der Waals surface area contributed by atoms with E-state index in [2.05, 4.69) is 21.4 Å². The number of carbonyl (C=O) groups excluding carboxylic acids is 1. The Morgan fingerprint density at radius 1 is 1.18 bits per heavy atom. The quantitative estimate of drug-likeness (QED) is 0.865. The van der Waals surface area contributed by atoms with E-state index in [9.17, 15) is 18.0 Å². The summed E-state index contributed by atoms with van der Waals surface area (Å²) in [6, 6.07) is 8.52. The number of fused-ring (bicyclic) bond motifs is 1. The van der Waals surface area contributed by atoms with Gasteiger partial charge in [0, 0.05) is 17.4 Å². The monoisotopic (exact) mass is 372 g/mol. The van der Waals surface area contributed by atoms with Gasteiger partial charge in [-0.25, -0.2) is 5.01 Å². The second-order valence-corrected chi connectivity index (χ2v) is 6.00. The molecule has 0 saturated carbocycles. The molecular weight excluding hydrogens is 361 g/mol. The molecule has 1 aliphatic rings. The van der Waals surface area contributed by atoms with Crippen molar-refractivity contribution in [1.29, 1.82) is 0 Å². The van der Waals surface area contributed by atoms with E-state index in [1.165, 1.54) is 6.07 Å². The maximum Gasteiger partial charge on any atom is 0.409 e. The highest BCUT2D eigenvalue weighted by molar-refractivity contribution is 9.10. The Hall–Kier alpha value is -1.60. The zero-order valence-corrected chi connectivity index (χ0v) is 12.9. The van der Waals surface area contributed by atoms with Crippen LogP contribution < -0.4 is 5.43 Å². The molecule has 22 heavy (non-hydrogen) atoms. The van der Waals surface area contributed by atoms with Crippen molar-refractivity contribution < 1.29 is 18.0 Å². The van der Waals surface area contributed by atoms with Gasteiger partial charge >= 0.3 is 6.18 Å². The maximum absolute atomic E-state index is 13.6. The van der Waals surface area contributed by atoms with Gasteiger partial charge in [0.2, 0.25) is 5.91 Å². The van der Waals surface area contributed by atoms with Crippen LogP contribution in [0.5, 0.6) is 0 Å². The van der Waals surface area contributed by atoms with Gasteiger partial charge in [-0.1, -0.05) is 40.2 Å². The van der Waals surface area contributed by atoms with Crippen LogP contribution in [0.1, 0.15) is 18.0 Å². The van der Waals surface area contributed by atoms with Crippen LogP contribution in [0.3, 0.4) is 0 Å². The predicted octanol–water partition coefficient (Wildman–Crippen LogP) is 3.94. The molecule has 0 radical (unpaired) electrons. The number of rotatable bonds is 2. The van der Waals surface area contributed by atoms with Crippen molar-refractivity contribution in [2.24, 2.45) is 0 Å². The molecule has 2 aromatic carbocycles. The average molecular weight is 373 g/mol. The lowest BCUT2D eigenvalue weighted by Gasteiger charge is -2.30.